The first kappa shape index (κ1) is 15.8. The molecular weight excluding hydrogens is 264 g/mol. The molecule has 2 unspecified atom stereocenters. The molecule has 3 nitrogen and oxygen atoms in total. The maximum absolute atomic E-state index is 9.80. The molecule has 0 aliphatic rings. The third kappa shape index (κ3) is 3.55. The SMILES string of the molecule is CCC(O)CCC(OC)c1c(OC)ccc2ccccc12. The van der Waals surface area contributed by atoms with Crippen LogP contribution in [0.1, 0.15) is 37.9 Å². The van der Waals surface area contributed by atoms with Crippen molar-refractivity contribution in [1.82, 2.24) is 0 Å². The highest BCUT2D eigenvalue weighted by Gasteiger charge is 2.19. The smallest absolute Gasteiger partial charge is 0.125 e. The molecule has 0 bridgehead atoms. The highest BCUT2D eigenvalue weighted by atomic mass is 16.5. The van der Waals surface area contributed by atoms with Crippen LogP contribution in [0.4, 0.5) is 0 Å². The van der Waals surface area contributed by atoms with Crippen LogP contribution in [0.25, 0.3) is 10.8 Å². The van der Waals surface area contributed by atoms with Gasteiger partial charge in [-0.25, -0.2) is 0 Å². The molecule has 0 saturated carbocycles. The quantitative estimate of drug-likeness (QED) is 0.834. The molecule has 2 rings (SSSR count). The van der Waals surface area contributed by atoms with Gasteiger partial charge in [0.2, 0.25) is 0 Å². The monoisotopic (exact) mass is 288 g/mol. The largest absolute Gasteiger partial charge is 0.496 e. The van der Waals surface area contributed by atoms with E-state index in [-0.39, 0.29) is 12.2 Å². The van der Waals surface area contributed by atoms with E-state index in [4.69, 9.17) is 9.47 Å². The molecule has 1 N–H and O–H groups in total. The Morgan fingerprint density at radius 1 is 1.05 bits per heavy atom. The molecular formula is C18H24O3. The molecule has 0 fully saturated rings. The zero-order valence-electron chi connectivity index (χ0n) is 13.0. The predicted octanol–water partition coefficient (Wildman–Crippen LogP) is 4.09. The Bertz CT molecular complexity index is 580. The van der Waals surface area contributed by atoms with E-state index in [0.717, 1.165) is 36.0 Å². The fourth-order valence-corrected chi connectivity index (χ4v) is 2.71. The van der Waals surface area contributed by atoms with E-state index in [1.807, 2.05) is 25.1 Å². The van der Waals surface area contributed by atoms with Gasteiger partial charge in [0.25, 0.3) is 0 Å². The normalized spacial score (nSPS) is 14.1. The number of methoxy groups -OCH3 is 2. The molecule has 0 amide bonds. The summed E-state index contributed by atoms with van der Waals surface area (Å²) in [6, 6.07) is 12.3. The van der Waals surface area contributed by atoms with Crippen molar-refractivity contribution in [3.8, 4) is 5.75 Å². The summed E-state index contributed by atoms with van der Waals surface area (Å²) in [6.07, 6.45) is 1.91. The standard InChI is InChI=1S/C18H24O3/c1-4-14(19)10-12-17(21-3)18-15-8-6-5-7-13(15)9-11-16(18)20-2/h5-9,11,14,17,19H,4,10,12H2,1-3H3. The summed E-state index contributed by atoms with van der Waals surface area (Å²) in [5, 5.41) is 12.1. The highest BCUT2D eigenvalue weighted by molar-refractivity contribution is 5.88. The van der Waals surface area contributed by atoms with Crippen LogP contribution in [0.3, 0.4) is 0 Å². The van der Waals surface area contributed by atoms with E-state index in [9.17, 15) is 5.11 Å². The van der Waals surface area contributed by atoms with Gasteiger partial charge in [-0.05, 0) is 36.1 Å². The van der Waals surface area contributed by atoms with Crippen molar-refractivity contribution in [3.05, 3.63) is 42.0 Å². The number of fused-ring (bicyclic) bond motifs is 1. The minimum absolute atomic E-state index is 0.0766. The maximum atomic E-state index is 9.80. The lowest BCUT2D eigenvalue weighted by Gasteiger charge is -2.21. The zero-order valence-corrected chi connectivity index (χ0v) is 13.0. The van der Waals surface area contributed by atoms with Crippen molar-refractivity contribution >= 4 is 10.8 Å². The lowest BCUT2D eigenvalue weighted by atomic mass is 9.95. The van der Waals surface area contributed by atoms with Gasteiger partial charge in [-0.2, -0.15) is 0 Å². The van der Waals surface area contributed by atoms with Crippen LogP contribution in [0.2, 0.25) is 0 Å². The van der Waals surface area contributed by atoms with Crippen molar-refractivity contribution in [2.45, 2.75) is 38.4 Å². The van der Waals surface area contributed by atoms with E-state index in [1.165, 1.54) is 5.39 Å². The van der Waals surface area contributed by atoms with E-state index >= 15 is 0 Å². The second kappa shape index (κ2) is 7.43. The van der Waals surface area contributed by atoms with Crippen LogP contribution in [-0.4, -0.2) is 25.4 Å². The minimum atomic E-state index is -0.274. The van der Waals surface area contributed by atoms with E-state index in [0.29, 0.717) is 0 Å². The van der Waals surface area contributed by atoms with Crippen LogP contribution in [0, 0.1) is 0 Å². The number of aliphatic hydroxyl groups excluding tert-OH is 1. The van der Waals surface area contributed by atoms with Gasteiger partial charge >= 0.3 is 0 Å². The molecule has 0 aliphatic carbocycles. The lowest BCUT2D eigenvalue weighted by molar-refractivity contribution is 0.0713. The highest BCUT2D eigenvalue weighted by Crippen LogP contribution is 2.37. The summed E-state index contributed by atoms with van der Waals surface area (Å²) in [4.78, 5) is 0. The first-order valence-corrected chi connectivity index (χ1v) is 7.47. The Kier molecular flexibility index (Phi) is 5.59. The zero-order chi connectivity index (χ0) is 15.2. The molecule has 0 spiro atoms. The topological polar surface area (TPSA) is 38.7 Å². The third-order valence-corrected chi connectivity index (χ3v) is 3.99. The fraction of sp³-hybridized carbons (Fsp3) is 0.444. The van der Waals surface area contributed by atoms with Crippen molar-refractivity contribution in [2.75, 3.05) is 14.2 Å². The van der Waals surface area contributed by atoms with Crippen molar-refractivity contribution in [1.29, 1.82) is 0 Å². The summed E-state index contributed by atoms with van der Waals surface area (Å²) < 4.78 is 11.2. The molecule has 0 radical (unpaired) electrons. The van der Waals surface area contributed by atoms with Crippen LogP contribution in [0.15, 0.2) is 36.4 Å². The molecule has 0 saturated heterocycles. The molecule has 0 aliphatic heterocycles. The first-order chi connectivity index (χ1) is 10.2. The summed E-state index contributed by atoms with van der Waals surface area (Å²) in [7, 11) is 3.39. The number of ether oxygens (including phenoxy) is 2. The second-order valence-corrected chi connectivity index (χ2v) is 5.27. The Hall–Kier alpha value is -1.58. The average Bonchev–Trinajstić information content (AvgIpc) is 2.54. The minimum Gasteiger partial charge on any atom is -0.496 e. The lowest BCUT2D eigenvalue weighted by Crippen LogP contribution is -2.10. The number of benzene rings is 2. The van der Waals surface area contributed by atoms with Gasteiger partial charge in [0, 0.05) is 12.7 Å². The molecule has 0 aromatic heterocycles. The Labute approximate surface area is 126 Å². The van der Waals surface area contributed by atoms with Crippen molar-refractivity contribution < 1.29 is 14.6 Å². The summed E-state index contributed by atoms with van der Waals surface area (Å²) in [5.74, 6) is 0.839. The van der Waals surface area contributed by atoms with Gasteiger partial charge in [0.1, 0.15) is 5.75 Å². The van der Waals surface area contributed by atoms with Gasteiger partial charge in [0.05, 0.1) is 19.3 Å². The molecule has 2 aromatic rings. The Balaban J connectivity index is 2.40. The number of aliphatic hydroxyl groups is 1. The molecule has 2 aromatic carbocycles. The summed E-state index contributed by atoms with van der Waals surface area (Å²) in [5.41, 5.74) is 1.07. The second-order valence-electron chi connectivity index (χ2n) is 5.27. The van der Waals surface area contributed by atoms with Gasteiger partial charge < -0.3 is 14.6 Å². The Morgan fingerprint density at radius 2 is 1.81 bits per heavy atom. The van der Waals surface area contributed by atoms with E-state index in [2.05, 4.69) is 18.2 Å². The van der Waals surface area contributed by atoms with Gasteiger partial charge in [-0.3, -0.25) is 0 Å². The van der Waals surface area contributed by atoms with Crippen molar-refractivity contribution in [3.63, 3.8) is 0 Å². The van der Waals surface area contributed by atoms with Crippen LogP contribution < -0.4 is 4.74 Å². The Morgan fingerprint density at radius 3 is 2.48 bits per heavy atom. The molecule has 2 atom stereocenters. The van der Waals surface area contributed by atoms with Crippen LogP contribution >= 0.6 is 0 Å². The average molecular weight is 288 g/mol. The number of hydrogen-bond donors (Lipinski definition) is 1. The van der Waals surface area contributed by atoms with Gasteiger partial charge in [-0.15, -0.1) is 0 Å². The molecule has 3 heteroatoms. The molecule has 21 heavy (non-hydrogen) atoms. The van der Waals surface area contributed by atoms with E-state index < -0.39 is 0 Å². The van der Waals surface area contributed by atoms with E-state index in [1.54, 1.807) is 14.2 Å². The third-order valence-electron chi connectivity index (χ3n) is 3.99. The van der Waals surface area contributed by atoms with Crippen LogP contribution in [0.5, 0.6) is 5.75 Å². The summed E-state index contributed by atoms with van der Waals surface area (Å²) >= 11 is 0. The first-order valence-electron chi connectivity index (χ1n) is 7.47. The van der Waals surface area contributed by atoms with Gasteiger partial charge in [-0.1, -0.05) is 37.3 Å². The van der Waals surface area contributed by atoms with Gasteiger partial charge in [0.15, 0.2) is 0 Å². The van der Waals surface area contributed by atoms with Crippen molar-refractivity contribution in [2.24, 2.45) is 0 Å². The summed E-state index contributed by atoms with van der Waals surface area (Å²) in [6.45, 7) is 1.99. The molecule has 0 heterocycles. The van der Waals surface area contributed by atoms with Crippen LogP contribution in [-0.2, 0) is 4.74 Å². The fourth-order valence-electron chi connectivity index (χ4n) is 2.71. The molecule has 114 valence electrons. The number of hydrogen-bond acceptors (Lipinski definition) is 3. The maximum Gasteiger partial charge on any atom is 0.125 e. The number of rotatable bonds is 7. The predicted molar refractivity (Wildman–Crippen MR) is 85.8 cm³/mol.